The van der Waals surface area contributed by atoms with Gasteiger partial charge in [0.25, 0.3) is 0 Å². The third-order valence-electron chi connectivity index (χ3n) is 4.53. The van der Waals surface area contributed by atoms with Crippen molar-refractivity contribution in [1.29, 1.82) is 0 Å². The highest BCUT2D eigenvalue weighted by Crippen LogP contribution is 2.30. The van der Waals surface area contributed by atoms with Gasteiger partial charge in [-0.25, -0.2) is 0 Å². The van der Waals surface area contributed by atoms with Gasteiger partial charge in [0, 0.05) is 6.54 Å². The molecular weight excluding hydrogens is 262 g/mol. The van der Waals surface area contributed by atoms with Gasteiger partial charge in [-0.1, -0.05) is 40.0 Å². The number of hydrogen-bond acceptors (Lipinski definition) is 3. The van der Waals surface area contributed by atoms with Crippen molar-refractivity contribution in [3.63, 3.8) is 0 Å². The summed E-state index contributed by atoms with van der Waals surface area (Å²) >= 11 is 0. The smallest absolute Gasteiger partial charge is 0.0897 e. The van der Waals surface area contributed by atoms with Gasteiger partial charge in [-0.3, -0.25) is 0 Å². The highest BCUT2D eigenvalue weighted by Gasteiger charge is 2.18. The Bertz CT molecular complexity index is 258. The first kappa shape index (κ1) is 18.9. The molecule has 3 heteroatoms. The fraction of sp³-hybridized carbons (Fsp3) is 1.00. The van der Waals surface area contributed by atoms with Crippen molar-refractivity contribution < 1.29 is 9.84 Å². The first-order chi connectivity index (χ1) is 9.97. The molecule has 21 heavy (non-hydrogen) atoms. The molecule has 0 saturated heterocycles. The molecular formula is C18H37NO2. The lowest BCUT2D eigenvalue weighted by Crippen LogP contribution is -2.33. The predicted molar refractivity (Wildman–Crippen MR) is 89.5 cm³/mol. The molecule has 1 saturated carbocycles. The highest BCUT2D eigenvalue weighted by molar-refractivity contribution is 4.71. The predicted octanol–water partition coefficient (Wildman–Crippen LogP) is 3.60. The van der Waals surface area contributed by atoms with Gasteiger partial charge in [0.15, 0.2) is 0 Å². The molecule has 1 aliphatic carbocycles. The summed E-state index contributed by atoms with van der Waals surface area (Å²) in [5.74, 6) is 2.44. The lowest BCUT2D eigenvalue weighted by Gasteiger charge is -2.26. The van der Waals surface area contributed by atoms with Crippen LogP contribution >= 0.6 is 0 Å². The average Bonchev–Trinajstić information content (AvgIpc) is 2.41. The Morgan fingerprint density at radius 1 is 1.24 bits per heavy atom. The Morgan fingerprint density at radius 2 is 2.00 bits per heavy atom. The summed E-state index contributed by atoms with van der Waals surface area (Å²) in [6.07, 6.45) is 7.75. The van der Waals surface area contributed by atoms with Gasteiger partial charge in [0.05, 0.1) is 18.8 Å². The Hall–Kier alpha value is -0.120. The number of ether oxygens (including phenoxy) is 1. The highest BCUT2D eigenvalue weighted by atomic mass is 16.5. The molecule has 1 aliphatic rings. The van der Waals surface area contributed by atoms with Crippen LogP contribution in [0.3, 0.4) is 0 Å². The van der Waals surface area contributed by atoms with E-state index in [9.17, 15) is 5.11 Å². The minimum atomic E-state index is -0.384. The maximum atomic E-state index is 9.92. The molecule has 1 rings (SSSR count). The molecule has 2 N–H and O–H groups in total. The van der Waals surface area contributed by atoms with Crippen molar-refractivity contribution in [3.8, 4) is 0 Å². The molecule has 0 radical (unpaired) electrons. The summed E-state index contributed by atoms with van der Waals surface area (Å²) in [5.41, 5.74) is 0. The topological polar surface area (TPSA) is 41.5 Å². The van der Waals surface area contributed by atoms with E-state index < -0.39 is 0 Å². The molecule has 0 heterocycles. The molecule has 0 bridgehead atoms. The summed E-state index contributed by atoms with van der Waals surface area (Å²) in [4.78, 5) is 0. The van der Waals surface area contributed by atoms with E-state index in [1.165, 1.54) is 32.1 Å². The molecule has 126 valence electrons. The van der Waals surface area contributed by atoms with Crippen molar-refractivity contribution in [1.82, 2.24) is 5.32 Å². The first-order valence-corrected chi connectivity index (χ1v) is 8.97. The van der Waals surface area contributed by atoms with Crippen molar-refractivity contribution >= 4 is 0 Å². The van der Waals surface area contributed by atoms with E-state index in [1.807, 2.05) is 0 Å². The zero-order chi connectivity index (χ0) is 15.7. The fourth-order valence-electron chi connectivity index (χ4n) is 3.46. The van der Waals surface area contributed by atoms with Crippen LogP contribution in [-0.2, 0) is 4.74 Å². The van der Waals surface area contributed by atoms with Crippen molar-refractivity contribution in [3.05, 3.63) is 0 Å². The van der Waals surface area contributed by atoms with Crippen LogP contribution in [0, 0.1) is 17.8 Å². The van der Waals surface area contributed by atoms with Gasteiger partial charge < -0.3 is 15.2 Å². The zero-order valence-corrected chi connectivity index (χ0v) is 14.6. The minimum Gasteiger partial charge on any atom is -0.389 e. The van der Waals surface area contributed by atoms with Gasteiger partial charge in [-0.15, -0.1) is 0 Å². The average molecular weight is 299 g/mol. The van der Waals surface area contributed by atoms with E-state index in [1.54, 1.807) is 0 Å². The van der Waals surface area contributed by atoms with Crippen LogP contribution in [0.4, 0.5) is 0 Å². The second-order valence-electron chi connectivity index (χ2n) is 7.56. The number of aliphatic hydroxyl groups is 1. The normalized spacial score (nSPS) is 26.0. The van der Waals surface area contributed by atoms with Crippen LogP contribution in [-0.4, -0.2) is 37.0 Å². The molecule has 4 atom stereocenters. The maximum Gasteiger partial charge on any atom is 0.0897 e. The van der Waals surface area contributed by atoms with Crippen molar-refractivity contribution in [2.45, 2.75) is 78.4 Å². The Morgan fingerprint density at radius 3 is 2.67 bits per heavy atom. The Labute approximate surface area is 131 Å². The largest absolute Gasteiger partial charge is 0.389 e. The van der Waals surface area contributed by atoms with Crippen molar-refractivity contribution in [2.75, 3.05) is 19.7 Å². The van der Waals surface area contributed by atoms with Crippen LogP contribution in [0.1, 0.15) is 66.2 Å². The quantitative estimate of drug-likeness (QED) is 0.606. The van der Waals surface area contributed by atoms with E-state index in [0.717, 1.165) is 24.8 Å². The second kappa shape index (κ2) is 10.6. The van der Waals surface area contributed by atoms with Gasteiger partial charge >= 0.3 is 0 Å². The summed E-state index contributed by atoms with van der Waals surface area (Å²) in [7, 11) is 0. The monoisotopic (exact) mass is 299 g/mol. The minimum absolute atomic E-state index is 0.239. The van der Waals surface area contributed by atoms with Gasteiger partial charge in [0.1, 0.15) is 0 Å². The Balaban J connectivity index is 1.99. The molecule has 1 fully saturated rings. The lowest BCUT2D eigenvalue weighted by molar-refractivity contribution is -0.00853. The fourth-order valence-corrected chi connectivity index (χ4v) is 3.46. The summed E-state index contributed by atoms with van der Waals surface area (Å²) in [6, 6.07) is 0. The molecule has 4 unspecified atom stereocenters. The molecule has 0 amide bonds. The Kier molecular flexibility index (Phi) is 9.54. The molecule has 0 aromatic carbocycles. The van der Waals surface area contributed by atoms with Gasteiger partial charge in [-0.05, 0) is 50.5 Å². The van der Waals surface area contributed by atoms with E-state index in [4.69, 9.17) is 4.74 Å². The third-order valence-corrected chi connectivity index (χ3v) is 4.53. The second-order valence-corrected chi connectivity index (χ2v) is 7.56. The SMILES string of the molecule is CC(C)CC(C)OCC(O)CNCCC1CCCC(C)C1. The summed E-state index contributed by atoms with van der Waals surface area (Å²) in [5, 5.41) is 13.3. The summed E-state index contributed by atoms with van der Waals surface area (Å²) in [6.45, 7) is 11.0. The van der Waals surface area contributed by atoms with Crippen LogP contribution in [0.5, 0.6) is 0 Å². The first-order valence-electron chi connectivity index (χ1n) is 8.97. The zero-order valence-electron chi connectivity index (χ0n) is 14.6. The van der Waals surface area contributed by atoms with Gasteiger partial charge in [-0.2, -0.15) is 0 Å². The lowest BCUT2D eigenvalue weighted by atomic mass is 9.81. The summed E-state index contributed by atoms with van der Waals surface area (Å²) < 4.78 is 5.69. The molecule has 0 aromatic heterocycles. The van der Waals surface area contributed by atoms with Crippen LogP contribution in [0.25, 0.3) is 0 Å². The van der Waals surface area contributed by atoms with Crippen molar-refractivity contribution in [2.24, 2.45) is 17.8 Å². The van der Waals surface area contributed by atoms with Crippen LogP contribution in [0.15, 0.2) is 0 Å². The molecule has 0 spiro atoms. The van der Waals surface area contributed by atoms with E-state index >= 15 is 0 Å². The molecule has 3 nitrogen and oxygen atoms in total. The molecule has 0 aliphatic heterocycles. The van der Waals surface area contributed by atoms with Crippen LogP contribution in [0.2, 0.25) is 0 Å². The van der Waals surface area contributed by atoms with E-state index in [2.05, 4.69) is 33.0 Å². The van der Waals surface area contributed by atoms with Gasteiger partial charge in [0.2, 0.25) is 0 Å². The van der Waals surface area contributed by atoms with E-state index in [0.29, 0.717) is 19.1 Å². The number of nitrogens with one attached hydrogen (secondary N) is 1. The molecule has 0 aromatic rings. The van der Waals surface area contributed by atoms with Crippen LogP contribution < -0.4 is 5.32 Å². The van der Waals surface area contributed by atoms with E-state index in [-0.39, 0.29) is 12.2 Å². The maximum absolute atomic E-state index is 9.92. The standard InChI is InChI=1S/C18H37NO2/c1-14(2)10-16(4)21-13-18(20)12-19-9-8-17-7-5-6-15(3)11-17/h14-20H,5-13H2,1-4H3. The third kappa shape index (κ3) is 9.49. The number of hydrogen-bond donors (Lipinski definition) is 2. The number of aliphatic hydroxyl groups excluding tert-OH is 1. The number of rotatable bonds is 10.